The third kappa shape index (κ3) is 5.30. The smallest absolute Gasteiger partial charge is 0.191 e. The zero-order chi connectivity index (χ0) is 11.1. The minimum Gasteiger partial charge on any atom is -0.357 e. The van der Waals surface area contributed by atoms with Gasteiger partial charge in [-0.15, -0.1) is 0 Å². The van der Waals surface area contributed by atoms with Crippen molar-refractivity contribution in [3.8, 4) is 0 Å². The van der Waals surface area contributed by atoms with E-state index in [1.807, 2.05) is 11.8 Å². The lowest BCUT2D eigenvalue weighted by atomic mass is 10.5. The summed E-state index contributed by atoms with van der Waals surface area (Å²) in [6.45, 7) is 6.25. The van der Waals surface area contributed by atoms with Crippen molar-refractivity contribution in [2.75, 3.05) is 25.1 Å². The van der Waals surface area contributed by atoms with E-state index in [0.29, 0.717) is 6.04 Å². The van der Waals surface area contributed by atoms with Crippen LogP contribution in [0.1, 0.15) is 26.7 Å². The van der Waals surface area contributed by atoms with Crippen molar-refractivity contribution in [2.24, 2.45) is 10.9 Å². The Labute approximate surface area is 97.5 Å². The monoisotopic (exact) mass is 229 g/mol. The van der Waals surface area contributed by atoms with Crippen LogP contribution in [0, 0.1) is 5.92 Å². The van der Waals surface area contributed by atoms with Crippen molar-refractivity contribution in [3.63, 3.8) is 0 Å². The number of nitrogens with zero attached hydrogens (tertiary/aromatic N) is 1. The normalized spacial score (nSPS) is 25.1. The van der Waals surface area contributed by atoms with E-state index in [2.05, 4.69) is 35.7 Å². The van der Waals surface area contributed by atoms with Crippen LogP contribution in [0.2, 0.25) is 0 Å². The molecule has 4 heteroatoms. The summed E-state index contributed by atoms with van der Waals surface area (Å²) in [5, 5.41) is 6.73. The molecule has 1 rings (SSSR count). The second kappa shape index (κ2) is 6.99. The molecule has 2 unspecified atom stereocenters. The highest BCUT2D eigenvalue weighted by Gasteiger charge is 2.33. The van der Waals surface area contributed by atoms with Gasteiger partial charge in [-0.25, -0.2) is 0 Å². The van der Waals surface area contributed by atoms with Crippen LogP contribution in [0.25, 0.3) is 0 Å². The lowest BCUT2D eigenvalue weighted by Crippen LogP contribution is -2.39. The van der Waals surface area contributed by atoms with Gasteiger partial charge in [-0.1, -0.05) is 6.92 Å². The molecule has 0 heterocycles. The summed E-state index contributed by atoms with van der Waals surface area (Å²) in [6.07, 6.45) is 4.59. The van der Waals surface area contributed by atoms with E-state index in [-0.39, 0.29) is 0 Å². The van der Waals surface area contributed by atoms with Gasteiger partial charge in [0.25, 0.3) is 0 Å². The van der Waals surface area contributed by atoms with Crippen molar-refractivity contribution in [2.45, 2.75) is 32.7 Å². The molecule has 0 aromatic heterocycles. The fourth-order valence-electron chi connectivity index (χ4n) is 1.42. The molecule has 1 aliphatic carbocycles. The van der Waals surface area contributed by atoms with Crippen LogP contribution in [-0.2, 0) is 0 Å². The van der Waals surface area contributed by atoms with Gasteiger partial charge in [-0.2, -0.15) is 11.8 Å². The van der Waals surface area contributed by atoms with Gasteiger partial charge in [0.05, 0.1) is 0 Å². The maximum Gasteiger partial charge on any atom is 0.191 e. The Morgan fingerprint density at radius 3 is 2.80 bits per heavy atom. The summed E-state index contributed by atoms with van der Waals surface area (Å²) in [5.41, 5.74) is 0. The van der Waals surface area contributed by atoms with E-state index >= 15 is 0 Å². The Morgan fingerprint density at radius 1 is 1.53 bits per heavy atom. The van der Waals surface area contributed by atoms with Crippen molar-refractivity contribution < 1.29 is 0 Å². The Hall–Kier alpha value is -0.380. The van der Waals surface area contributed by atoms with Gasteiger partial charge in [-0.3, -0.25) is 4.99 Å². The summed E-state index contributed by atoms with van der Waals surface area (Å²) in [7, 11) is 0. The van der Waals surface area contributed by atoms with E-state index in [1.165, 1.54) is 12.2 Å². The molecule has 0 bridgehead atoms. The predicted octanol–water partition coefficient (Wildman–Crippen LogP) is 1.70. The van der Waals surface area contributed by atoms with Crippen LogP contribution >= 0.6 is 11.8 Å². The van der Waals surface area contributed by atoms with Gasteiger partial charge < -0.3 is 10.6 Å². The van der Waals surface area contributed by atoms with E-state index in [0.717, 1.165) is 31.4 Å². The third-order valence-corrected chi connectivity index (χ3v) is 3.25. The number of hydrogen-bond donors (Lipinski definition) is 2. The molecule has 0 spiro atoms. The highest BCUT2D eigenvalue weighted by Crippen LogP contribution is 2.28. The van der Waals surface area contributed by atoms with Crippen LogP contribution < -0.4 is 10.6 Å². The first-order chi connectivity index (χ1) is 7.27. The molecular formula is C11H23N3S. The predicted molar refractivity (Wildman–Crippen MR) is 69.7 cm³/mol. The first-order valence-corrected chi connectivity index (χ1v) is 7.21. The van der Waals surface area contributed by atoms with Crippen LogP contribution in [0.5, 0.6) is 0 Å². The van der Waals surface area contributed by atoms with E-state index < -0.39 is 0 Å². The molecule has 2 atom stereocenters. The van der Waals surface area contributed by atoms with E-state index in [1.54, 1.807) is 0 Å². The quantitative estimate of drug-likeness (QED) is 0.413. The number of hydrogen-bond acceptors (Lipinski definition) is 2. The van der Waals surface area contributed by atoms with Crippen molar-refractivity contribution in [3.05, 3.63) is 0 Å². The number of rotatable bonds is 6. The highest BCUT2D eigenvalue weighted by atomic mass is 32.2. The van der Waals surface area contributed by atoms with Crippen molar-refractivity contribution in [1.82, 2.24) is 10.6 Å². The molecule has 0 saturated heterocycles. The minimum absolute atomic E-state index is 0.656. The third-order valence-electron chi connectivity index (χ3n) is 2.55. The zero-order valence-electron chi connectivity index (χ0n) is 10.0. The summed E-state index contributed by atoms with van der Waals surface area (Å²) in [6, 6.07) is 0.656. The Kier molecular flexibility index (Phi) is 5.91. The molecule has 2 N–H and O–H groups in total. The summed E-state index contributed by atoms with van der Waals surface area (Å²) in [4.78, 5) is 4.55. The molecule has 0 amide bonds. The second-order valence-corrected chi connectivity index (χ2v) is 5.06. The SMILES string of the molecule is CCNC(=NCCCSC)NC1CC1C. The van der Waals surface area contributed by atoms with Crippen LogP contribution in [0.3, 0.4) is 0 Å². The average Bonchev–Trinajstić information content (AvgIpc) is 2.89. The largest absolute Gasteiger partial charge is 0.357 e. The maximum atomic E-state index is 4.55. The molecule has 0 aromatic rings. The van der Waals surface area contributed by atoms with Gasteiger partial charge in [0.15, 0.2) is 5.96 Å². The van der Waals surface area contributed by atoms with Crippen LogP contribution in [0.15, 0.2) is 4.99 Å². The van der Waals surface area contributed by atoms with Crippen LogP contribution in [0.4, 0.5) is 0 Å². The molecule has 0 aliphatic heterocycles. The Bertz CT molecular complexity index is 206. The van der Waals surface area contributed by atoms with Crippen molar-refractivity contribution >= 4 is 17.7 Å². The van der Waals surface area contributed by atoms with Crippen LogP contribution in [-0.4, -0.2) is 37.1 Å². The molecule has 1 aliphatic rings. The van der Waals surface area contributed by atoms with Gasteiger partial charge in [-0.05, 0) is 37.7 Å². The Morgan fingerprint density at radius 2 is 2.27 bits per heavy atom. The number of nitrogens with one attached hydrogen (secondary N) is 2. The first kappa shape index (κ1) is 12.7. The second-order valence-electron chi connectivity index (χ2n) is 4.07. The molecular weight excluding hydrogens is 206 g/mol. The fourth-order valence-corrected chi connectivity index (χ4v) is 1.84. The molecule has 1 saturated carbocycles. The maximum absolute atomic E-state index is 4.55. The van der Waals surface area contributed by atoms with Gasteiger partial charge >= 0.3 is 0 Å². The molecule has 3 nitrogen and oxygen atoms in total. The average molecular weight is 229 g/mol. The highest BCUT2D eigenvalue weighted by molar-refractivity contribution is 7.98. The molecule has 0 aromatic carbocycles. The lowest BCUT2D eigenvalue weighted by molar-refractivity contribution is 0.764. The van der Waals surface area contributed by atoms with Gasteiger partial charge in [0.1, 0.15) is 0 Å². The number of aliphatic imine (C=N–C) groups is 1. The lowest BCUT2D eigenvalue weighted by Gasteiger charge is -2.10. The summed E-state index contributed by atoms with van der Waals surface area (Å²) in [5.74, 6) is 3.01. The number of thioether (sulfide) groups is 1. The summed E-state index contributed by atoms with van der Waals surface area (Å²) < 4.78 is 0. The van der Waals surface area contributed by atoms with E-state index in [9.17, 15) is 0 Å². The number of guanidine groups is 1. The van der Waals surface area contributed by atoms with Gasteiger partial charge in [0.2, 0.25) is 0 Å². The molecule has 88 valence electrons. The standard InChI is InChI=1S/C11H23N3S/c1-4-12-11(13-6-5-7-15-3)14-10-8-9(10)2/h9-10H,4-8H2,1-3H3,(H2,12,13,14). The molecule has 0 radical (unpaired) electrons. The fraction of sp³-hybridized carbons (Fsp3) is 0.909. The topological polar surface area (TPSA) is 36.4 Å². The Balaban J connectivity index is 2.21. The van der Waals surface area contributed by atoms with Crippen molar-refractivity contribution in [1.29, 1.82) is 0 Å². The molecule has 1 fully saturated rings. The van der Waals surface area contributed by atoms with Gasteiger partial charge in [0, 0.05) is 19.1 Å². The minimum atomic E-state index is 0.656. The first-order valence-electron chi connectivity index (χ1n) is 5.81. The zero-order valence-corrected chi connectivity index (χ0v) is 10.9. The summed E-state index contributed by atoms with van der Waals surface area (Å²) >= 11 is 1.88. The van der Waals surface area contributed by atoms with E-state index in [4.69, 9.17) is 0 Å². The molecule has 15 heavy (non-hydrogen) atoms.